The molecule has 0 atom stereocenters. The van der Waals surface area contributed by atoms with Crippen LogP contribution >= 0.6 is 23.6 Å². The van der Waals surface area contributed by atoms with Crippen LogP contribution in [0.3, 0.4) is 0 Å². The number of carbonyl (C=O) groups is 1. The van der Waals surface area contributed by atoms with Crippen molar-refractivity contribution < 1.29 is 14.1 Å². The van der Waals surface area contributed by atoms with Crippen LogP contribution in [0.5, 0.6) is 5.75 Å². The smallest absolute Gasteiger partial charge is 0.410 e. The molecule has 2 aromatic carbocycles. The zero-order valence-electron chi connectivity index (χ0n) is 16.3. The van der Waals surface area contributed by atoms with Crippen LogP contribution in [0.15, 0.2) is 57.8 Å². The second-order valence-corrected chi connectivity index (χ2v) is 8.89. The fourth-order valence-corrected chi connectivity index (χ4v) is 4.17. The maximum absolute atomic E-state index is 13.0. The number of H-pyrrole nitrogens is 2. The third-order valence-corrected chi connectivity index (χ3v) is 5.55. The van der Waals surface area contributed by atoms with Crippen LogP contribution in [0.1, 0.15) is 13.8 Å². The minimum atomic E-state index is -0.469. The average molecular weight is 442 g/mol. The zero-order valence-corrected chi connectivity index (χ0v) is 17.9. The Hall–Kier alpha value is -3.17. The summed E-state index contributed by atoms with van der Waals surface area (Å²) in [6.45, 7) is 4.59. The first kappa shape index (κ1) is 20.1. The van der Waals surface area contributed by atoms with Gasteiger partial charge < -0.3 is 14.2 Å². The Morgan fingerprint density at radius 1 is 1.20 bits per heavy atom. The van der Waals surface area contributed by atoms with Crippen molar-refractivity contribution in [1.82, 2.24) is 10.1 Å². The Balaban J connectivity index is 1.57. The zero-order chi connectivity index (χ0) is 21.3. The highest BCUT2D eigenvalue weighted by molar-refractivity contribution is 7.73. The average Bonchev–Trinajstić information content (AvgIpc) is 3.30. The summed E-state index contributed by atoms with van der Waals surface area (Å²) in [6, 6.07) is 13.9. The molecule has 4 rings (SSSR count). The molecule has 0 unspecified atom stereocenters. The first-order valence-corrected chi connectivity index (χ1v) is 10.5. The second-order valence-electron chi connectivity index (χ2n) is 7.17. The number of benzene rings is 2. The first-order valence-electron chi connectivity index (χ1n) is 9.30. The van der Waals surface area contributed by atoms with Crippen molar-refractivity contribution in [2.75, 3.05) is 11.4 Å². The number of rotatable bonds is 5. The van der Waals surface area contributed by atoms with E-state index in [1.54, 1.807) is 29.2 Å². The summed E-state index contributed by atoms with van der Waals surface area (Å²) in [5, 5.41) is 2.25. The van der Waals surface area contributed by atoms with Gasteiger partial charge in [-0.3, -0.25) is 9.69 Å². The summed E-state index contributed by atoms with van der Waals surface area (Å²) in [4.78, 5) is 28.9. The van der Waals surface area contributed by atoms with Gasteiger partial charge in [0, 0.05) is 17.8 Å². The number of hydrogen-bond donors (Lipinski definition) is 2. The SMILES string of the molecule is CC(C)CN(C(=O)Oc1ccc(-c2cc(=O)[nH]o2)cc1)c1ccc2[nH]c(=S)sc2c1. The normalized spacial score (nSPS) is 11.2. The molecule has 0 radical (unpaired) electrons. The minimum Gasteiger partial charge on any atom is -0.410 e. The second kappa shape index (κ2) is 8.29. The van der Waals surface area contributed by atoms with Gasteiger partial charge in [0.25, 0.3) is 5.56 Å². The quantitative estimate of drug-likeness (QED) is 0.395. The van der Waals surface area contributed by atoms with Crippen LogP contribution < -0.4 is 15.2 Å². The van der Waals surface area contributed by atoms with Gasteiger partial charge in [0.15, 0.2) is 9.71 Å². The molecular formula is C21H19N3O4S2. The van der Waals surface area contributed by atoms with Crippen LogP contribution in [0.4, 0.5) is 10.5 Å². The molecule has 0 aliphatic heterocycles. The fourth-order valence-electron chi connectivity index (χ4n) is 3.02. The predicted molar refractivity (Wildman–Crippen MR) is 120 cm³/mol. The highest BCUT2D eigenvalue weighted by atomic mass is 32.1. The third kappa shape index (κ3) is 4.37. The largest absolute Gasteiger partial charge is 0.419 e. The van der Waals surface area contributed by atoms with E-state index in [-0.39, 0.29) is 11.5 Å². The van der Waals surface area contributed by atoms with E-state index in [0.29, 0.717) is 27.6 Å². The van der Waals surface area contributed by atoms with Crippen LogP contribution in [0, 0.1) is 9.87 Å². The van der Waals surface area contributed by atoms with E-state index in [1.165, 1.54) is 17.4 Å². The van der Waals surface area contributed by atoms with Crippen LogP contribution in [0.2, 0.25) is 0 Å². The maximum Gasteiger partial charge on any atom is 0.419 e. The molecule has 0 saturated heterocycles. The van der Waals surface area contributed by atoms with Crippen molar-refractivity contribution in [1.29, 1.82) is 0 Å². The summed E-state index contributed by atoms with van der Waals surface area (Å²) in [5.41, 5.74) is 2.08. The number of carbonyl (C=O) groups excluding carboxylic acids is 1. The van der Waals surface area contributed by atoms with Crippen molar-refractivity contribution in [3.63, 3.8) is 0 Å². The van der Waals surface area contributed by atoms with Gasteiger partial charge >= 0.3 is 6.09 Å². The van der Waals surface area contributed by atoms with Gasteiger partial charge in [0.1, 0.15) is 5.75 Å². The predicted octanol–water partition coefficient (Wildman–Crippen LogP) is 5.57. The summed E-state index contributed by atoms with van der Waals surface area (Å²) in [6.07, 6.45) is -0.469. The summed E-state index contributed by atoms with van der Waals surface area (Å²) in [5.74, 6) is 1.06. The number of ether oxygens (including phenoxy) is 1. The number of nitrogens with zero attached hydrogens (tertiary/aromatic N) is 1. The molecule has 2 N–H and O–H groups in total. The van der Waals surface area contributed by atoms with Gasteiger partial charge in [0.05, 0.1) is 16.3 Å². The third-order valence-electron chi connectivity index (χ3n) is 4.35. The van der Waals surface area contributed by atoms with E-state index in [1.807, 2.05) is 32.0 Å². The maximum atomic E-state index is 13.0. The molecule has 1 amide bonds. The molecule has 0 spiro atoms. The summed E-state index contributed by atoms with van der Waals surface area (Å²) in [7, 11) is 0. The lowest BCUT2D eigenvalue weighted by molar-refractivity contribution is 0.206. The van der Waals surface area contributed by atoms with Gasteiger partial charge in [-0.05, 0) is 60.6 Å². The van der Waals surface area contributed by atoms with Crippen LogP contribution in [0.25, 0.3) is 21.5 Å². The molecule has 0 fully saturated rings. The standard InChI is InChI=1S/C21H19N3O4S2/c1-12(2)11-24(14-5-8-16-18(9-14)30-20(29)22-16)21(26)27-15-6-3-13(4-7-15)17-10-19(25)23-28-17/h3-10,12H,11H2,1-2H3,(H,22,29)(H,23,25). The highest BCUT2D eigenvalue weighted by Crippen LogP contribution is 2.27. The molecule has 7 nitrogen and oxygen atoms in total. The number of thiazole rings is 1. The minimum absolute atomic E-state index is 0.247. The van der Waals surface area contributed by atoms with Gasteiger partial charge in [-0.2, -0.15) is 5.16 Å². The van der Waals surface area contributed by atoms with Gasteiger partial charge in [-0.15, -0.1) is 11.3 Å². The summed E-state index contributed by atoms with van der Waals surface area (Å²) < 4.78 is 12.4. The fraction of sp³-hybridized carbons (Fsp3) is 0.190. The molecule has 9 heteroatoms. The van der Waals surface area contributed by atoms with Crippen molar-refractivity contribution in [3.05, 3.63) is 62.8 Å². The van der Waals surface area contributed by atoms with E-state index in [9.17, 15) is 9.59 Å². The van der Waals surface area contributed by atoms with Crippen molar-refractivity contribution >= 4 is 45.6 Å². The van der Waals surface area contributed by atoms with Crippen LogP contribution in [-0.2, 0) is 0 Å². The van der Waals surface area contributed by atoms with Gasteiger partial charge in [-0.25, -0.2) is 4.79 Å². The first-order chi connectivity index (χ1) is 14.4. The molecule has 2 heterocycles. The lowest BCUT2D eigenvalue weighted by Crippen LogP contribution is -2.36. The molecule has 154 valence electrons. The highest BCUT2D eigenvalue weighted by Gasteiger charge is 2.20. The molecule has 30 heavy (non-hydrogen) atoms. The molecule has 2 aromatic heterocycles. The Morgan fingerprint density at radius 3 is 2.63 bits per heavy atom. The Labute approximate surface area is 180 Å². The van der Waals surface area contributed by atoms with Crippen molar-refractivity contribution in [3.8, 4) is 17.1 Å². The summed E-state index contributed by atoms with van der Waals surface area (Å²) >= 11 is 6.68. The Bertz CT molecular complexity index is 1300. The Morgan fingerprint density at radius 2 is 1.97 bits per heavy atom. The molecule has 0 aliphatic rings. The van der Waals surface area contributed by atoms with Gasteiger partial charge in [-0.1, -0.05) is 13.8 Å². The lowest BCUT2D eigenvalue weighted by Gasteiger charge is -2.24. The van der Waals surface area contributed by atoms with Crippen LogP contribution in [-0.4, -0.2) is 22.8 Å². The molecular weight excluding hydrogens is 422 g/mol. The lowest BCUT2D eigenvalue weighted by atomic mass is 10.2. The number of hydrogen-bond acceptors (Lipinski definition) is 6. The number of aromatic nitrogens is 2. The number of aromatic amines is 2. The van der Waals surface area contributed by atoms with Crippen molar-refractivity contribution in [2.45, 2.75) is 13.8 Å². The molecule has 4 aromatic rings. The van der Waals surface area contributed by atoms with E-state index in [4.69, 9.17) is 21.5 Å². The van der Waals surface area contributed by atoms with Crippen molar-refractivity contribution in [2.24, 2.45) is 5.92 Å². The van der Waals surface area contributed by atoms with E-state index in [2.05, 4.69) is 10.1 Å². The van der Waals surface area contributed by atoms with E-state index >= 15 is 0 Å². The molecule has 0 aliphatic carbocycles. The monoisotopic (exact) mass is 441 g/mol. The van der Waals surface area contributed by atoms with Gasteiger partial charge in [0.2, 0.25) is 0 Å². The topological polar surface area (TPSA) is 91.3 Å². The van der Waals surface area contributed by atoms with E-state index < -0.39 is 6.09 Å². The number of amides is 1. The molecule has 0 bridgehead atoms. The number of nitrogens with one attached hydrogen (secondary N) is 2. The Kier molecular flexibility index (Phi) is 5.56. The molecule has 0 saturated carbocycles. The number of anilines is 1. The van der Waals surface area contributed by atoms with E-state index in [0.717, 1.165) is 15.9 Å². The number of fused-ring (bicyclic) bond motifs is 1.